The number of rotatable bonds is 8. The summed E-state index contributed by atoms with van der Waals surface area (Å²) in [6.45, 7) is 4.94. The number of benzene rings is 1. The third-order valence-corrected chi connectivity index (χ3v) is 3.48. The van der Waals surface area contributed by atoms with Crippen LogP contribution in [0.1, 0.15) is 32.8 Å². The molecule has 0 unspecified atom stereocenters. The summed E-state index contributed by atoms with van der Waals surface area (Å²) in [5, 5.41) is 14.0. The highest BCUT2D eigenvalue weighted by atomic mass is 16.6. The first-order valence-corrected chi connectivity index (χ1v) is 8.65. The lowest BCUT2D eigenvalue weighted by molar-refractivity contribution is -0.145. The number of carboxylic acids is 1. The molecule has 1 aromatic carbocycles. The van der Waals surface area contributed by atoms with E-state index in [0.717, 1.165) is 12.7 Å². The van der Waals surface area contributed by atoms with Crippen LogP contribution in [-0.4, -0.2) is 53.8 Å². The first kappa shape index (κ1) is 22.9. The van der Waals surface area contributed by atoms with E-state index in [2.05, 4.69) is 15.4 Å². The molecule has 2 amide bonds. The largest absolute Gasteiger partial charge is 0.480 e. The van der Waals surface area contributed by atoms with Gasteiger partial charge in [0, 0.05) is 6.42 Å². The molecule has 154 valence electrons. The maximum absolute atomic E-state index is 12.3. The molecule has 9 nitrogen and oxygen atoms in total. The van der Waals surface area contributed by atoms with Crippen molar-refractivity contribution in [3.8, 4) is 0 Å². The molecule has 9 heteroatoms. The van der Waals surface area contributed by atoms with Crippen molar-refractivity contribution in [1.82, 2.24) is 10.6 Å². The highest BCUT2D eigenvalue weighted by molar-refractivity contribution is 5.90. The summed E-state index contributed by atoms with van der Waals surface area (Å²) in [5.41, 5.74) is -0.0662. The van der Waals surface area contributed by atoms with Crippen molar-refractivity contribution < 1.29 is 33.8 Å². The predicted molar refractivity (Wildman–Crippen MR) is 99.5 cm³/mol. The van der Waals surface area contributed by atoms with Gasteiger partial charge in [0.25, 0.3) is 0 Å². The molecular weight excluding hydrogens is 368 g/mol. The molecular formula is C19H26N2O7. The van der Waals surface area contributed by atoms with Crippen molar-refractivity contribution in [3.05, 3.63) is 35.9 Å². The average Bonchev–Trinajstić information content (AvgIpc) is 2.59. The summed E-state index contributed by atoms with van der Waals surface area (Å²) in [6, 6.07) is 6.29. The van der Waals surface area contributed by atoms with E-state index in [9.17, 15) is 24.3 Å². The van der Waals surface area contributed by atoms with Crippen molar-refractivity contribution in [1.29, 1.82) is 0 Å². The summed E-state index contributed by atoms with van der Waals surface area (Å²) in [6.07, 6.45) is -1.32. The molecule has 0 aromatic heterocycles. The van der Waals surface area contributed by atoms with Crippen LogP contribution < -0.4 is 10.6 Å². The maximum Gasteiger partial charge on any atom is 0.408 e. The second kappa shape index (κ2) is 10.3. The van der Waals surface area contributed by atoms with Gasteiger partial charge in [-0.05, 0) is 26.3 Å². The number of alkyl carbamates (subject to hydrolysis) is 1. The lowest BCUT2D eigenvalue weighted by Gasteiger charge is -2.23. The molecule has 0 aliphatic rings. The number of carboxylic acid groups (broad SMARTS) is 1. The fourth-order valence-corrected chi connectivity index (χ4v) is 2.27. The number of carbonyl (C=O) groups is 4. The van der Waals surface area contributed by atoms with E-state index in [1.54, 1.807) is 51.1 Å². The number of carbonyl (C=O) groups excluding carboxylic acids is 3. The third-order valence-electron chi connectivity index (χ3n) is 3.48. The topological polar surface area (TPSA) is 131 Å². The number of aliphatic carboxylic acids is 1. The Morgan fingerprint density at radius 1 is 1.04 bits per heavy atom. The van der Waals surface area contributed by atoms with Crippen molar-refractivity contribution in [2.24, 2.45) is 0 Å². The highest BCUT2D eigenvalue weighted by Crippen LogP contribution is 2.08. The molecule has 0 radical (unpaired) electrons. The minimum atomic E-state index is -1.31. The van der Waals surface area contributed by atoms with Crippen molar-refractivity contribution in [2.45, 2.75) is 51.3 Å². The third kappa shape index (κ3) is 8.52. The molecule has 0 saturated heterocycles. The molecule has 28 heavy (non-hydrogen) atoms. The van der Waals surface area contributed by atoms with Gasteiger partial charge in [-0.15, -0.1) is 0 Å². The Labute approximate surface area is 163 Å². The zero-order valence-corrected chi connectivity index (χ0v) is 16.4. The molecule has 0 heterocycles. The van der Waals surface area contributed by atoms with Crippen LogP contribution in [0.15, 0.2) is 30.3 Å². The van der Waals surface area contributed by atoms with Crippen LogP contribution in [0.25, 0.3) is 0 Å². The number of esters is 1. The number of hydrogen-bond acceptors (Lipinski definition) is 6. The van der Waals surface area contributed by atoms with Crippen LogP contribution in [0, 0.1) is 0 Å². The molecule has 1 rings (SSSR count). The van der Waals surface area contributed by atoms with Gasteiger partial charge in [0.1, 0.15) is 17.7 Å². The molecule has 0 aliphatic carbocycles. The molecule has 0 bridgehead atoms. The van der Waals surface area contributed by atoms with Gasteiger partial charge in [-0.2, -0.15) is 0 Å². The molecule has 0 aliphatic heterocycles. The van der Waals surface area contributed by atoms with Crippen LogP contribution in [0.4, 0.5) is 4.79 Å². The number of methoxy groups -OCH3 is 1. The fourth-order valence-electron chi connectivity index (χ4n) is 2.27. The SMILES string of the molecule is COC(=O)[C@@H](CC(=O)N[C@@H](Cc1ccccc1)C(=O)O)NC(=O)OC(C)(C)C. The standard InChI is InChI=1S/C19H26N2O7/c1-19(2,3)28-18(26)21-14(17(25)27-4)11-15(22)20-13(16(23)24)10-12-8-6-5-7-9-12/h5-9,13-14H,10-11H2,1-4H3,(H,20,22)(H,21,26)(H,23,24)/t13-,14+/m0/s1. The smallest absolute Gasteiger partial charge is 0.408 e. The van der Waals surface area contributed by atoms with Crippen LogP contribution in [-0.2, 0) is 30.3 Å². The molecule has 2 atom stereocenters. The van der Waals surface area contributed by atoms with Crippen molar-refractivity contribution >= 4 is 23.9 Å². The quantitative estimate of drug-likeness (QED) is 0.566. The first-order chi connectivity index (χ1) is 13.0. The van der Waals surface area contributed by atoms with Gasteiger partial charge < -0.3 is 25.2 Å². The molecule has 0 saturated carbocycles. The van der Waals surface area contributed by atoms with E-state index in [4.69, 9.17) is 4.74 Å². The second-order valence-electron chi connectivity index (χ2n) is 7.07. The number of ether oxygens (including phenoxy) is 2. The fraction of sp³-hybridized carbons (Fsp3) is 0.474. The summed E-state index contributed by atoms with van der Waals surface area (Å²) in [7, 11) is 1.11. The molecule has 0 fully saturated rings. The Hall–Kier alpha value is -3.10. The summed E-state index contributed by atoms with van der Waals surface area (Å²) < 4.78 is 9.65. The van der Waals surface area contributed by atoms with Crippen molar-refractivity contribution in [3.63, 3.8) is 0 Å². The van der Waals surface area contributed by atoms with E-state index in [0.29, 0.717) is 0 Å². The Balaban J connectivity index is 2.75. The van der Waals surface area contributed by atoms with Gasteiger partial charge in [-0.1, -0.05) is 30.3 Å². The average molecular weight is 394 g/mol. The Bertz CT molecular complexity index is 698. The van der Waals surface area contributed by atoms with Crippen molar-refractivity contribution in [2.75, 3.05) is 7.11 Å². The van der Waals surface area contributed by atoms with Gasteiger partial charge in [-0.3, -0.25) is 4.79 Å². The van der Waals surface area contributed by atoms with Crippen LogP contribution >= 0.6 is 0 Å². The first-order valence-electron chi connectivity index (χ1n) is 8.65. The van der Waals surface area contributed by atoms with E-state index in [1.807, 2.05) is 0 Å². The van der Waals surface area contributed by atoms with Gasteiger partial charge in [0.05, 0.1) is 13.5 Å². The Morgan fingerprint density at radius 3 is 2.14 bits per heavy atom. The van der Waals surface area contributed by atoms with Gasteiger partial charge in [-0.25, -0.2) is 14.4 Å². The minimum Gasteiger partial charge on any atom is -0.480 e. The summed E-state index contributed by atoms with van der Waals surface area (Å²) in [4.78, 5) is 47.5. The minimum absolute atomic E-state index is 0.0737. The second-order valence-corrected chi connectivity index (χ2v) is 7.07. The molecule has 3 N–H and O–H groups in total. The molecule has 1 aromatic rings. The lowest BCUT2D eigenvalue weighted by atomic mass is 10.1. The molecule has 0 spiro atoms. The normalized spacial score (nSPS) is 13.0. The lowest BCUT2D eigenvalue weighted by Crippen LogP contribution is -2.49. The zero-order chi connectivity index (χ0) is 21.3. The van der Waals surface area contributed by atoms with E-state index < -0.39 is 48.0 Å². The highest BCUT2D eigenvalue weighted by Gasteiger charge is 2.29. The Kier molecular flexibility index (Phi) is 8.43. The summed E-state index contributed by atoms with van der Waals surface area (Å²) in [5.74, 6) is -2.79. The number of nitrogens with one attached hydrogen (secondary N) is 2. The maximum atomic E-state index is 12.3. The van der Waals surface area contributed by atoms with Gasteiger partial charge >= 0.3 is 18.0 Å². The monoisotopic (exact) mass is 394 g/mol. The van der Waals surface area contributed by atoms with E-state index in [1.165, 1.54) is 0 Å². The number of hydrogen-bond donors (Lipinski definition) is 3. The van der Waals surface area contributed by atoms with E-state index in [-0.39, 0.29) is 6.42 Å². The van der Waals surface area contributed by atoms with E-state index >= 15 is 0 Å². The predicted octanol–water partition coefficient (Wildman–Crippen LogP) is 1.25. The van der Waals surface area contributed by atoms with Crippen LogP contribution in [0.3, 0.4) is 0 Å². The van der Waals surface area contributed by atoms with Gasteiger partial charge in [0.15, 0.2) is 0 Å². The van der Waals surface area contributed by atoms with Gasteiger partial charge in [0.2, 0.25) is 5.91 Å². The number of amides is 2. The van der Waals surface area contributed by atoms with Crippen LogP contribution in [0.5, 0.6) is 0 Å². The Morgan fingerprint density at radius 2 is 1.64 bits per heavy atom. The summed E-state index contributed by atoms with van der Waals surface area (Å²) >= 11 is 0. The zero-order valence-electron chi connectivity index (χ0n) is 16.4. The van der Waals surface area contributed by atoms with Crippen LogP contribution in [0.2, 0.25) is 0 Å².